The van der Waals surface area contributed by atoms with E-state index in [1.54, 1.807) is 6.07 Å². The first-order valence-electron chi connectivity index (χ1n) is 17.1. The van der Waals surface area contributed by atoms with Gasteiger partial charge in [-0.15, -0.1) is 0 Å². The number of phenols is 1. The molecule has 0 spiro atoms. The van der Waals surface area contributed by atoms with Crippen LogP contribution in [-0.4, -0.2) is 27.5 Å². The number of ketones is 1. The van der Waals surface area contributed by atoms with Crippen LogP contribution in [0.1, 0.15) is 131 Å². The second-order valence-electron chi connectivity index (χ2n) is 15.2. The molecular formula is C38H60O5Si2. The van der Waals surface area contributed by atoms with E-state index in [-0.39, 0.29) is 23.5 Å². The van der Waals surface area contributed by atoms with Gasteiger partial charge in [-0.1, -0.05) is 107 Å². The van der Waals surface area contributed by atoms with Gasteiger partial charge >= 0.3 is 0 Å². The molecule has 1 aliphatic heterocycles. The third-order valence-electron chi connectivity index (χ3n) is 10.2. The maximum Gasteiger partial charge on any atom is 0.258 e. The molecule has 2 aromatic carbocycles. The van der Waals surface area contributed by atoms with Crippen LogP contribution in [0.25, 0.3) is 0 Å². The highest BCUT2D eigenvalue weighted by molar-refractivity contribution is 6.78. The fraction of sp³-hybridized carbons (Fsp3) is 0.605. The number of benzene rings is 2. The first-order valence-corrected chi connectivity index (χ1v) is 21.4. The van der Waals surface area contributed by atoms with Gasteiger partial charge in [0.2, 0.25) is 0 Å². The Morgan fingerprint density at radius 2 is 1.29 bits per heavy atom. The maximum atomic E-state index is 13.7. The molecule has 1 heterocycles. The summed E-state index contributed by atoms with van der Waals surface area (Å²) >= 11 is 0. The van der Waals surface area contributed by atoms with E-state index in [4.69, 9.17) is 13.6 Å². The molecule has 3 rings (SSSR count). The standard InChI is InChI=1S/C38H60O5Si2/c1-23(2)15-20-32-36(43-45(27(9)10,28(11)12)29(13)14)22-34(40)37-33(39)21-35(41-38(32)37)30-16-18-31(19-17-30)42-44(24(3)4,25(5)6)26(7)8/h15-19,22,24-29,35,40H,20-21H2,1-14H3. The lowest BCUT2D eigenvalue weighted by molar-refractivity contribution is 0.0842. The summed E-state index contributed by atoms with van der Waals surface area (Å²) in [4.78, 5) is 13.7. The number of allylic oxidation sites excluding steroid dienone is 2. The van der Waals surface area contributed by atoms with Gasteiger partial charge in [0.05, 0.1) is 6.42 Å². The monoisotopic (exact) mass is 652 g/mol. The lowest BCUT2D eigenvalue weighted by Gasteiger charge is -2.43. The highest BCUT2D eigenvalue weighted by atomic mass is 28.4. The number of hydrogen-bond donors (Lipinski definition) is 1. The molecule has 5 nitrogen and oxygen atoms in total. The number of hydrogen-bond acceptors (Lipinski definition) is 5. The van der Waals surface area contributed by atoms with Crippen molar-refractivity contribution >= 4 is 22.4 Å². The van der Waals surface area contributed by atoms with Crippen LogP contribution in [0.2, 0.25) is 33.2 Å². The summed E-state index contributed by atoms with van der Waals surface area (Å²) in [7, 11) is -4.45. The molecule has 7 heteroatoms. The molecule has 0 aromatic heterocycles. The van der Waals surface area contributed by atoms with Crippen molar-refractivity contribution in [3.8, 4) is 23.0 Å². The van der Waals surface area contributed by atoms with E-state index in [0.29, 0.717) is 51.2 Å². The summed E-state index contributed by atoms with van der Waals surface area (Å²) in [6.07, 6.45) is 2.39. The fourth-order valence-corrected chi connectivity index (χ4v) is 18.7. The lowest BCUT2D eigenvalue weighted by atomic mass is 9.92. The summed E-state index contributed by atoms with van der Waals surface area (Å²) in [5, 5.41) is 11.3. The van der Waals surface area contributed by atoms with Gasteiger partial charge in [0, 0.05) is 11.6 Å². The van der Waals surface area contributed by atoms with E-state index in [2.05, 4.69) is 103 Å². The third kappa shape index (κ3) is 7.24. The van der Waals surface area contributed by atoms with Crippen molar-refractivity contribution in [1.82, 2.24) is 0 Å². The molecule has 1 unspecified atom stereocenters. The molecule has 1 aliphatic rings. The van der Waals surface area contributed by atoms with Gasteiger partial charge < -0.3 is 18.7 Å². The highest BCUT2D eigenvalue weighted by Crippen LogP contribution is 2.50. The number of carbonyl (C=O) groups excluding carboxylic acids is 1. The summed E-state index contributed by atoms with van der Waals surface area (Å²) in [6, 6.07) is 9.79. The van der Waals surface area contributed by atoms with Crippen LogP contribution >= 0.6 is 0 Å². The van der Waals surface area contributed by atoms with E-state index < -0.39 is 22.7 Å². The normalized spacial score (nSPS) is 15.7. The quantitative estimate of drug-likeness (QED) is 0.172. The lowest BCUT2D eigenvalue weighted by Crippen LogP contribution is -2.50. The van der Waals surface area contributed by atoms with Crippen molar-refractivity contribution in [2.75, 3.05) is 0 Å². The van der Waals surface area contributed by atoms with Crippen molar-refractivity contribution in [3.05, 3.63) is 58.7 Å². The number of Topliss-reactive ketones (excluding diaryl/α,β-unsaturated/α-hetero) is 1. The number of carbonyl (C=O) groups is 1. The minimum atomic E-state index is -2.36. The minimum absolute atomic E-state index is 0.0651. The molecular weight excluding hydrogens is 593 g/mol. The van der Waals surface area contributed by atoms with Gasteiger partial charge in [-0.3, -0.25) is 4.79 Å². The Morgan fingerprint density at radius 3 is 1.73 bits per heavy atom. The third-order valence-corrected chi connectivity index (χ3v) is 22.2. The van der Waals surface area contributed by atoms with Crippen molar-refractivity contribution in [2.24, 2.45) is 0 Å². The summed E-state index contributed by atoms with van der Waals surface area (Å²) in [5.74, 6) is 1.79. The average Bonchev–Trinajstić information content (AvgIpc) is 2.92. The number of aromatic hydroxyl groups is 1. The predicted molar refractivity (Wildman–Crippen MR) is 193 cm³/mol. The molecule has 45 heavy (non-hydrogen) atoms. The topological polar surface area (TPSA) is 65.0 Å². The SMILES string of the molecule is CC(C)=CCc1c(O[Si](C(C)C)(C(C)C)C(C)C)cc(O)c2c1OC(c1ccc(O[Si](C(C)C)(C(C)C)C(C)C)cc1)CC2=O. The molecule has 0 bridgehead atoms. The number of phenolic OH excluding ortho intramolecular Hbond substituents is 1. The fourth-order valence-electron chi connectivity index (χ4n) is 8.15. The molecule has 0 saturated carbocycles. The second-order valence-corrected chi connectivity index (χ2v) is 26.0. The van der Waals surface area contributed by atoms with E-state index in [1.165, 1.54) is 5.57 Å². The van der Waals surface area contributed by atoms with Gasteiger partial charge in [-0.25, -0.2) is 0 Å². The van der Waals surface area contributed by atoms with Crippen LogP contribution < -0.4 is 13.6 Å². The molecule has 0 aliphatic carbocycles. The second kappa shape index (κ2) is 14.5. The van der Waals surface area contributed by atoms with Crippen LogP contribution in [0.4, 0.5) is 0 Å². The zero-order valence-electron chi connectivity index (χ0n) is 30.5. The van der Waals surface area contributed by atoms with Crippen LogP contribution in [0, 0.1) is 0 Å². The molecule has 0 radical (unpaired) electrons. The highest BCUT2D eigenvalue weighted by Gasteiger charge is 2.49. The van der Waals surface area contributed by atoms with Crippen molar-refractivity contribution in [2.45, 2.75) is 149 Å². The van der Waals surface area contributed by atoms with Gasteiger partial charge in [-0.2, -0.15) is 0 Å². The number of ether oxygens (including phenoxy) is 1. The molecule has 250 valence electrons. The first kappa shape index (κ1) is 36.9. The van der Waals surface area contributed by atoms with Gasteiger partial charge in [0.1, 0.15) is 34.7 Å². The van der Waals surface area contributed by atoms with Crippen LogP contribution in [-0.2, 0) is 6.42 Å². The Hall–Kier alpha value is -2.52. The Kier molecular flexibility index (Phi) is 11.9. The van der Waals surface area contributed by atoms with E-state index in [1.807, 2.05) is 24.3 Å². The smallest absolute Gasteiger partial charge is 0.258 e. The summed E-state index contributed by atoms with van der Waals surface area (Å²) < 4.78 is 20.8. The summed E-state index contributed by atoms with van der Waals surface area (Å²) in [5.41, 5.74) is 5.67. The number of fused-ring (bicyclic) bond motifs is 1. The molecule has 2 aromatic rings. The molecule has 1 N–H and O–H groups in total. The van der Waals surface area contributed by atoms with Crippen molar-refractivity contribution in [1.29, 1.82) is 0 Å². The molecule has 0 saturated heterocycles. The zero-order valence-corrected chi connectivity index (χ0v) is 32.5. The van der Waals surface area contributed by atoms with E-state index >= 15 is 0 Å². The predicted octanol–water partition coefficient (Wildman–Crippen LogP) is 11.7. The van der Waals surface area contributed by atoms with Crippen molar-refractivity contribution in [3.63, 3.8) is 0 Å². The Morgan fingerprint density at radius 1 is 0.822 bits per heavy atom. The van der Waals surface area contributed by atoms with E-state index in [0.717, 1.165) is 16.9 Å². The van der Waals surface area contributed by atoms with Gasteiger partial charge in [0.15, 0.2) is 5.78 Å². The Balaban J connectivity index is 2.10. The Labute approximate surface area is 276 Å². The van der Waals surface area contributed by atoms with E-state index in [9.17, 15) is 9.90 Å². The van der Waals surface area contributed by atoms with Gasteiger partial charge in [0.25, 0.3) is 16.6 Å². The van der Waals surface area contributed by atoms with Gasteiger partial charge in [-0.05, 0) is 71.2 Å². The minimum Gasteiger partial charge on any atom is -0.543 e. The van der Waals surface area contributed by atoms with Crippen LogP contribution in [0.5, 0.6) is 23.0 Å². The maximum absolute atomic E-state index is 13.7. The molecule has 0 amide bonds. The Bertz CT molecular complexity index is 1310. The van der Waals surface area contributed by atoms with Crippen LogP contribution in [0.15, 0.2) is 42.0 Å². The first-order chi connectivity index (χ1) is 20.9. The summed E-state index contributed by atoms with van der Waals surface area (Å²) in [6.45, 7) is 31.4. The average molecular weight is 653 g/mol. The van der Waals surface area contributed by atoms with Crippen molar-refractivity contribution < 1.29 is 23.5 Å². The number of rotatable bonds is 13. The largest absolute Gasteiger partial charge is 0.543 e. The van der Waals surface area contributed by atoms with Crippen LogP contribution in [0.3, 0.4) is 0 Å². The molecule has 0 fully saturated rings. The zero-order chi connectivity index (χ0) is 34.0. The molecule has 1 atom stereocenters.